The predicted octanol–water partition coefficient (Wildman–Crippen LogP) is 1.70. The van der Waals surface area contributed by atoms with Gasteiger partial charge in [0.1, 0.15) is 0 Å². The van der Waals surface area contributed by atoms with Gasteiger partial charge in [-0.15, -0.1) is 10.2 Å². The molecule has 0 aromatic carbocycles. The highest BCUT2D eigenvalue weighted by atomic mass is 16.5. The quantitative estimate of drug-likeness (QED) is 0.901. The normalized spacial score (nSPS) is 25.8. The standard InChI is InChI=1S/C17H28N4O3/c1-17(2,3)18-15(22)12-5-4-7-21(9-12)10-14-19-20-16(24-14)13-6-8-23-11-13/h12-13H,4-11H2,1-3H3,(H,18,22). The number of likely N-dealkylation sites (tertiary alicyclic amines) is 1. The van der Waals surface area contributed by atoms with Crippen LogP contribution in [0.1, 0.15) is 57.7 Å². The Hall–Kier alpha value is -1.47. The number of carbonyl (C=O) groups excluding carboxylic acids is 1. The number of hydrogen-bond donors (Lipinski definition) is 1. The summed E-state index contributed by atoms with van der Waals surface area (Å²) in [7, 11) is 0. The van der Waals surface area contributed by atoms with E-state index in [-0.39, 0.29) is 23.3 Å². The monoisotopic (exact) mass is 336 g/mol. The van der Waals surface area contributed by atoms with Crippen molar-refractivity contribution in [2.45, 2.75) is 58.0 Å². The molecule has 0 aliphatic carbocycles. The first-order valence-corrected chi connectivity index (χ1v) is 8.85. The number of nitrogens with one attached hydrogen (secondary N) is 1. The number of nitrogens with zero attached hydrogens (tertiary/aromatic N) is 3. The van der Waals surface area contributed by atoms with Gasteiger partial charge in [-0.1, -0.05) is 0 Å². The highest BCUT2D eigenvalue weighted by Crippen LogP contribution is 2.25. The van der Waals surface area contributed by atoms with E-state index in [4.69, 9.17) is 9.15 Å². The number of piperidine rings is 1. The second-order valence-corrected chi connectivity index (χ2v) is 7.91. The molecule has 134 valence electrons. The molecule has 24 heavy (non-hydrogen) atoms. The van der Waals surface area contributed by atoms with Crippen LogP contribution in [-0.2, 0) is 16.1 Å². The first-order chi connectivity index (χ1) is 11.4. The van der Waals surface area contributed by atoms with Crippen molar-refractivity contribution in [3.8, 4) is 0 Å². The lowest BCUT2D eigenvalue weighted by molar-refractivity contribution is -0.128. The summed E-state index contributed by atoms with van der Waals surface area (Å²) in [6, 6.07) is 0. The highest BCUT2D eigenvalue weighted by Gasteiger charge is 2.29. The van der Waals surface area contributed by atoms with E-state index in [1.54, 1.807) is 0 Å². The summed E-state index contributed by atoms with van der Waals surface area (Å²) < 4.78 is 11.2. The minimum atomic E-state index is -0.190. The van der Waals surface area contributed by atoms with E-state index in [1.165, 1.54) is 0 Å². The molecule has 0 radical (unpaired) electrons. The molecule has 1 N–H and O–H groups in total. The highest BCUT2D eigenvalue weighted by molar-refractivity contribution is 5.79. The van der Waals surface area contributed by atoms with Crippen LogP contribution in [0.4, 0.5) is 0 Å². The first-order valence-electron chi connectivity index (χ1n) is 8.85. The zero-order chi connectivity index (χ0) is 17.2. The Morgan fingerprint density at radius 3 is 2.88 bits per heavy atom. The maximum atomic E-state index is 12.4. The van der Waals surface area contributed by atoms with Gasteiger partial charge in [-0.2, -0.15) is 0 Å². The van der Waals surface area contributed by atoms with Crippen LogP contribution in [0.25, 0.3) is 0 Å². The molecule has 1 amide bonds. The van der Waals surface area contributed by atoms with E-state index in [9.17, 15) is 4.79 Å². The van der Waals surface area contributed by atoms with Crippen molar-refractivity contribution in [1.82, 2.24) is 20.4 Å². The van der Waals surface area contributed by atoms with Crippen LogP contribution in [0.3, 0.4) is 0 Å². The Balaban J connectivity index is 1.54. The van der Waals surface area contributed by atoms with Crippen LogP contribution in [0.5, 0.6) is 0 Å². The number of carbonyl (C=O) groups is 1. The SMILES string of the molecule is CC(C)(C)NC(=O)C1CCCN(Cc2nnc(C3CCOC3)o2)C1. The maximum absolute atomic E-state index is 12.4. The molecule has 1 aromatic rings. The van der Waals surface area contributed by atoms with E-state index in [0.29, 0.717) is 24.9 Å². The first kappa shape index (κ1) is 17.4. The Morgan fingerprint density at radius 2 is 2.17 bits per heavy atom. The number of ether oxygens (including phenoxy) is 1. The average molecular weight is 336 g/mol. The molecule has 1 aromatic heterocycles. The third-order valence-electron chi connectivity index (χ3n) is 4.49. The van der Waals surface area contributed by atoms with E-state index in [2.05, 4.69) is 20.4 Å². The predicted molar refractivity (Wildman–Crippen MR) is 88.4 cm³/mol. The topological polar surface area (TPSA) is 80.5 Å². The van der Waals surface area contributed by atoms with Crippen molar-refractivity contribution in [1.29, 1.82) is 0 Å². The number of hydrogen-bond acceptors (Lipinski definition) is 6. The number of amides is 1. The Bertz CT molecular complexity index is 560. The lowest BCUT2D eigenvalue weighted by Crippen LogP contribution is -2.48. The summed E-state index contributed by atoms with van der Waals surface area (Å²) in [5.41, 5.74) is -0.190. The molecule has 7 heteroatoms. The summed E-state index contributed by atoms with van der Waals surface area (Å²) in [5.74, 6) is 1.72. The molecule has 2 aliphatic heterocycles. The van der Waals surface area contributed by atoms with Gasteiger partial charge in [0.05, 0.1) is 25.0 Å². The van der Waals surface area contributed by atoms with Crippen LogP contribution in [0.2, 0.25) is 0 Å². The molecule has 2 aliphatic rings. The van der Waals surface area contributed by atoms with Gasteiger partial charge in [-0.3, -0.25) is 9.69 Å². The van der Waals surface area contributed by atoms with Crippen LogP contribution in [0.15, 0.2) is 4.42 Å². The molecule has 3 rings (SSSR count). The van der Waals surface area contributed by atoms with Crippen molar-refractivity contribution in [3.63, 3.8) is 0 Å². The fourth-order valence-corrected chi connectivity index (χ4v) is 3.30. The van der Waals surface area contributed by atoms with Crippen molar-refractivity contribution in [2.24, 2.45) is 5.92 Å². The molecular weight excluding hydrogens is 308 g/mol. The molecule has 2 fully saturated rings. The molecule has 3 heterocycles. The molecule has 0 saturated carbocycles. The minimum absolute atomic E-state index is 0.0311. The van der Waals surface area contributed by atoms with Gasteiger partial charge in [0.15, 0.2) is 0 Å². The molecular formula is C17H28N4O3. The smallest absolute Gasteiger partial charge is 0.230 e. The molecule has 0 bridgehead atoms. The summed E-state index contributed by atoms with van der Waals surface area (Å²) in [5, 5.41) is 11.4. The fraction of sp³-hybridized carbons (Fsp3) is 0.824. The molecule has 2 unspecified atom stereocenters. The summed E-state index contributed by atoms with van der Waals surface area (Å²) in [6.45, 7) is 9.78. The van der Waals surface area contributed by atoms with Crippen molar-refractivity contribution in [2.75, 3.05) is 26.3 Å². The Labute approximate surface area is 143 Å². The zero-order valence-corrected chi connectivity index (χ0v) is 14.9. The molecule has 2 saturated heterocycles. The van der Waals surface area contributed by atoms with Crippen molar-refractivity contribution >= 4 is 5.91 Å². The van der Waals surface area contributed by atoms with Gasteiger partial charge >= 0.3 is 0 Å². The number of aromatic nitrogens is 2. The van der Waals surface area contributed by atoms with Crippen molar-refractivity contribution in [3.05, 3.63) is 11.8 Å². The van der Waals surface area contributed by atoms with E-state index in [0.717, 1.165) is 39.0 Å². The summed E-state index contributed by atoms with van der Waals surface area (Å²) in [6.07, 6.45) is 2.90. The summed E-state index contributed by atoms with van der Waals surface area (Å²) >= 11 is 0. The molecule has 7 nitrogen and oxygen atoms in total. The third kappa shape index (κ3) is 4.54. The van der Waals surface area contributed by atoms with E-state index >= 15 is 0 Å². The third-order valence-corrected chi connectivity index (χ3v) is 4.49. The lowest BCUT2D eigenvalue weighted by Gasteiger charge is -2.33. The maximum Gasteiger partial charge on any atom is 0.230 e. The van der Waals surface area contributed by atoms with Gasteiger partial charge in [0.25, 0.3) is 0 Å². The van der Waals surface area contributed by atoms with Crippen LogP contribution >= 0.6 is 0 Å². The van der Waals surface area contributed by atoms with Gasteiger partial charge in [-0.25, -0.2) is 0 Å². The molecule has 0 spiro atoms. The average Bonchev–Trinajstić information content (AvgIpc) is 3.16. The van der Waals surface area contributed by atoms with Crippen LogP contribution in [0, 0.1) is 5.92 Å². The van der Waals surface area contributed by atoms with Gasteiger partial charge in [0, 0.05) is 18.7 Å². The summed E-state index contributed by atoms with van der Waals surface area (Å²) in [4.78, 5) is 14.6. The second-order valence-electron chi connectivity index (χ2n) is 7.91. The van der Waals surface area contributed by atoms with Gasteiger partial charge < -0.3 is 14.5 Å². The van der Waals surface area contributed by atoms with Gasteiger partial charge in [-0.05, 0) is 46.6 Å². The van der Waals surface area contributed by atoms with Crippen molar-refractivity contribution < 1.29 is 13.9 Å². The van der Waals surface area contributed by atoms with Gasteiger partial charge in [0.2, 0.25) is 17.7 Å². The Kier molecular flexibility index (Phi) is 5.20. The lowest BCUT2D eigenvalue weighted by atomic mass is 9.95. The Morgan fingerprint density at radius 1 is 1.33 bits per heavy atom. The minimum Gasteiger partial charge on any atom is -0.423 e. The largest absolute Gasteiger partial charge is 0.423 e. The number of rotatable bonds is 4. The zero-order valence-electron chi connectivity index (χ0n) is 14.9. The second kappa shape index (κ2) is 7.19. The van der Waals surface area contributed by atoms with Crippen LogP contribution < -0.4 is 5.32 Å². The van der Waals surface area contributed by atoms with Crippen LogP contribution in [-0.4, -0.2) is 52.8 Å². The van der Waals surface area contributed by atoms with E-state index < -0.39 is 0 Å². The fourth-order valence-electron chi connectivity index (χ4n) is 3.30. The molecule has 2 atom stereocenters. The van der Waals surface area contributed by atoms with E-state index in [1.807, 2.05) is 20.8 Å².